The minimum atomic E-state index is 0.826. The molecule has 29 heavy (non-hydrogen) atoms. The molecule has 6 heteroatoms. The number of anilines is 2. The molecule has 0 fully saturated rings. The third-order valence-electron chi connectivity index (χ3n) is 5.43. The van der Waals surface area contributed by atoms with Crippen LogP contribution in [0.2, 0.25) is 0 Å². The molecule has 0 atom stereocenters. The number of hydrogen-bond acceptors (Lipinski definition) is 4. The maximum absolute atomic E-state index is 4.73. The Morgan fingerprint density at radius 1 is 1.07 bits per heavy atom. The van der Waals surface area contributed by atoms with E-state index in [-0.39, 0.29) is 0 Å². The van der Waals surface area contributed by atoms with Gasteiger partial charge >= 0.3 is 0 Å². The molecule has 4 rings (SSSR count). The fourth-order valence-electron chi connectivity index (χ4n) is 3.81. The van der Waals surface area contributed by atoms with Gasteiger partial charge in [-0.1, -0.05) is 12.1 Å². The molecule has 3 aromatic heterocycles. The molecule has 6 nitrogen and oxygen atoms in total. The van der Waals surface area contributed by atoms with Crippen LogP contribution in [-0.2, 0) is 7.05 Å². The van der Waals surface area contributed by atoms with Crippen molar-refractivity contribution >= 4 is 11.5 Å². The van der Waals surface area contributed by atoms with Crippen LogP contribution >= 0.6 is 0 Å². The largest absolute Gasteiger partial charge is 0.326 e. The van der Waals surface area contributed by atoms with E-state index in [9.17, 15) is 0 Å². The zero-order valence-corrected chi connectivity index (χ0v) is 17.6. The molecule has 0 bridgehead atoms. The topological polar surface area (TPSA) is 51.8 Å². The van der Waals surface area contributed by atoms with Gasteiger partial charge in [-0.3, -0.25) is 4.68 Å². The summed E-state index contributed by atoms with van der Waals surface area (Å²) in [5.41, 5.74) is 7.98. The number of rotatable bonds is 5. The average molecular weight is 387 g/mol. The monoisotopic (exact) mass is 386 g/mol. The van der Waals surface area contributed by atoms with E-state index in [1.807, 2.05) is 28.7 Å². The van der Waals surface area contributed by atoms with Gasteiger partial charge in [0.1, 0.15) is 5.82 Å². The summed E-state index contributed by atoms with van der Waals surface area (Å²) in [4.78, 5) is 11.1. The van der Waals surface area contributed by atoms with Crippen LogP contribution in [-0.4, -0.2) is 30.9 Å². The predicted molar refractivity (Wildman–Crippen MR) is 117 cm³/mol. The van der Waals surface area contributed by atoms with Crippen molar-refractivity contribution in [3.8, 4) is 16.8 Å². The van der Waals surface area contributed by atoms with Crippen LogP contribution in [0.15, 0.2) is 55.2 Å². The molecule has 0 unspecified atom stereocenters. The third kappa shape index (κ3) is 3.42. The molecule has 0 spiro atoms. The van der Waals surface area contributed by atoms with Crippen LogP contribution in [0.4, 0.5) is 11.5 Å². The van der Waals surface area contributed by atoms with Crippen molar-refractivity contribution in [3.05, 3.63) is 72.2 Å². The minimum absolute atomic E-state index is 0.826. The second-order valence-electron chi connectivity index (χ2n) is 7.26. The van der Waals surface area contributed by atoms with E-state index in [1.54, 1.807) is 12.5 Å². The van der Waals surface area contributed by atoms with Gasteiger partial charge in [-0.25, -0.2) is 9.97 Å². The Bertz CT molecular complexity index is 1120. The van der Waals surface area contributed by atoms with E-state index >= 15 is 0 Å². The summed E-state index contributed by atoms with van der Waals surface area (Å²) in [7, 11) is 1.99. The Hall–Kier alpha value is -3.41. The van der Waals surface area contributed by atoms with Crippen LogP contribution < -0.4 is 4.90 Å². The van der Waals surface area contributed by atoms with Crippen molar-refractivity contribution in [2.24, 2.45) is 7.05 Å². The molecule has 4 aromatic rings. The van der Waals surface area contributed by atoms with Crippen molar-refractivity contribution in [2.45, 2.75) is 27.7 Å². The Labute approximate surface area is 171 Å². The molecule has 0 amide bonds. The fraction of sp³-hybridized carbons (Fsp3) is 0.261. The van der Waals surface area contributed by atoms with E-state index in [4.69, 9.17) is 4.98 Å². The van der Waals surface area contributed by atoms with Gasteiger partial charge in [-0.05, 0) is 57.0 Å². The predicted octanol–water partition coefficient (Wildman–Crippen LogP) is 4.75. The van der Waals surface area contributed by atoms with Crippen molar-refractivity contribution in [1.82, 2.24) is 24.3 Å². The lowest BCUT2D eigenvalue weighted by atomic mass is 10.0. The van der Waals surface area contributed by atoms with Crippen molar-refractivity contribution in [1.29, 1.82) is 0 Å². The van der Waals surface area contributed by atoms with Crippen molar-refractivity contribution < 1.29 is 0 Å². The highest BCUT2D eigenvalue weighted by Crippen LogP contribution is 2.34. The quantitative estimate of drug-likeness (QED) is 0.497. The Morgan fingerprint density at radius 2 is 1.90 bits per heavy atom. The molecule has 0 aliphatic rings. The van der Waals surface area contributed by atoms with Gasteiger partial charge < -0.3 is 9.47 Å². The summed E-state index contributed by atoms with van der Waals surface area (Å²) >= 11 is 0. The van der Waals surface area contributed by atoms with Gasteiger partial charge in [0.05, 0.1) is 23.9 Å². The summed E-state index contributed by atoms with van der Waals surface area (Å²) in [6.07, 6.45) is 7.35. The number of aryl methyl sites for hydroxylation is 3. The standard InChI is InChI=1S/C23H26N6/c1-6-29(22-10-9-20(14-25-22)28-12-11-24-15-28)21-13-19(8-7-16(21)2)23-17(3)26-27(5)18(23)4/h7-15H,6H2,1-5H3. The van der Waals surface area contributed by atoms with Crippen LogP contribution in [0, 0.1) is 20.8 Å². The van der Waals surface area contributed by atoms with Gasteiger partial charge in [0, 0.05) is 42.9 Å². The van der Waals surface area contributed by atoms with Crippen molar-refractivity contribution in [3.63, 3.8) is 0 Å². The summed E-state index contributed by atoms with van der Waals surface area (Å²) < 4.78 is 3.89. The zero-order chi connectivity index (χ0) is 20.5. The first kappa shape index (κ1) is 18.9. The van der Waals surface area contributed by atoms with Crippen LogP contribution in [0.5, 0.6) is 0 Å². The SMILES string of the molecule is CCN(c1ccc(-n2ccnc2)cn1)c1cc(-c2c(C)nn(C)c2C)ccc1C. The smallest absolute Gasteiger partial charge is 0.133 e. The third-order valence-corrected chi connectivity index (χ3v) is 5.43. The lowest BCUT2D eigenvalue weighted by Gasteiger charge is -2.25. The first-order valence-corrected chi connectivity index (χ1v) is 9.82. The second-order valence-corrected chi connectivity index (χ2v) is 7.26. The lowest BCUT2D eigenvalue weighted by Crippen LogP contribution is -2.18. The molecule has 0 aliphatic heterocycles. The molecule has 0 aliphatic carbocycles. The Kier molecular flexibility index (Phi) is 4.92. The summed E-state index contributed by atoms with van der Waals surface area (Å²) in [6.45, 7) is 9.30. The van der Waals surface area contributed by atoms with Crippen LogP contribution in [0.3, 0.4) is 0 Å². The molecular formula is C23H26N6. The first-order chi connectivity index (χ1) is 14.0. The fourth-order valence-corrected chi connectivity index (χ4v) is 3.81. The normalized spacial score (nSPS) is 11.1. The van der Waals surface area contributed by atoms with Crippen molar-refractivity contribution in [2.75, 3.05) is 11.4 Å². The average Bonchev–Trinajstić information content (AvgIpc) is 3.33. The molecular weight excluding hydrogens is 360 g/mol. The van der Waals surface area contributed by atoms with Gasteiger partial charge in [-0.2, -0.15) is 5.10 Å². The van der Waals surface area contributed by atoms with Gasteiger partial charge in [-0.15, -0.1) is 0 Å². The molecule has 0 saturated carbocycles. The summed E-state index contributed by atoms with van der Waals surface area (Å²) in [6, 6.07) is 10.7. The Balaban J connectivity index is 1.74. The van der Waals surface area contributed by atoms with E-state index in [0.717, 1.165) is 29.4 Å². The van der Waals surface area contributed by atoms with Gasteiger partial charge in [0.25, 0.3) is 0 Å². The molecule has 3 heterocycles. The van der Waals surface area contributed by atoms with Crippen LogP contribution in [0.1, 0.15) is 23.9 Å². The first-order valence-electron chi connectivity index (χ1n) is 9.82. The van der Waals surface area contributed by atoms with Gasteiger partial charge in [0.2, 0.25) is 0 Å². The molecule has 0 saturated heterocycles. The number of nitrogens with zero attached hydrogens (tertiary/aromatic N) is 6. The highest BCUT2D eigenvalue weighted by atomic mass is 15.3. The number of pyridine rings is 1. The second kappa shape index (κ2) is 7.54. The van der Waals surface area contributed by atoms with E-state index in [0.29, 0.717) is 0 Å². The molecule has 0 radical (unpaired) electrons. The summed E-state index contributed by atoms with van der Waals surface area (Å²) in [5.74, 6) is 0.927. The number of hydrogen-bond donors (Lipinski definition) is 0. The molecule has 0 N–H and O–H groups in total. The number of aromatic nitrogens is 5. The lowest BCUT2D eigenvalue weighted by molar-refractivity contribution is 0.731. The Morgan fingerprint density at radius 3 is 2.48 bits per heavy atom. The number of imidazole rings is 1. The summed E-state index contributed by atoms with van der Waals surface area (Å²) in [5, 5.41) is 4.58. The van der Waals surface area contributed by atoms with E-state index in [1.165, 1.54) is 22.4 Å². The van der Waals surface area contributed by atoms with E-state index < -0.39 is 0 Å². The zero-order valence-electron chi connectivity index (χ0n) is 17.6. The maximum Gasteiger partial charge on any atom is 0.133 e. The minimum Gasteiger partial charge on any atom is -0.326 e. The highest BCUT2D eigenvalue weighted by Gasteiger charge is 2.16. The molecule has 148 valence electrons. The highest BCUT2D eigenvalue weighted by molar-refractivity contribution is 5.76. The van der Waals surface area contributed by atoms with Gasteiger partial charge in [0.15, 0.2) is 0 Å². The van der Waals surface area contributed by atoms with Crippen LogP contribution in [0.25, 0.3) is 16.8 Å². The molecule has 1 aromatic carbocycles. The van der Waals surface area contributed by atoms with E-state index in [2.05, 4.69) is 73.0 Å². The number of benzene rings is 1. The maximum atomic E-state index is 4.73.